The number of hydrogen-bond acceptors (Lipinski definition) is 3. The summed E-state index contributed by atoms with van der Waals surface area (Å²) in [4.78, 5) is 5.10. The van der Waals surface area contributed by atoms with E-state index in [4.69, 9.17) is 4.42 Å². The molecule has 1 aliphatic heterocycles. The molecular weight excluding hydrogens is 380 g/mol. The highest BCUT2D eigenvalue weighted by molar-refractivity contribution is 5.85. The Morgan fingerprint density at radius 3 is 2.34 bits per heavy atom. The van der Waals surface area contributed by atoms with Crippen LogP contribution >= 0.6 is 12.4 Å². The third-order valence-corrected chi connectivity index (χ3v) is 6.12. The van der Waals surface area contributed by atoms with Crippen LogP contribution in [-0.4, -0.2) is 31.1 Å². The maximum absolute atomic E-state index is 5.22. The minimum Gasteiger partial charge on any atom is -0.472 e. The summed E-state index contributed by atoms with van der Waals surface area (Å²) in [7, 11) is 0. The molecule has 3 nitrogen and oxygen atoms in total. The molecule has 0 N–H and O–H groups in total. The molecule has 158 valence electrons. The molecule has 4 rings (SSSR count). The fourth-order valence-corrected chi connectivity index (χ4v) is 5.37. The first-order valence-corrected chi connectivity index (χ1v) is 10.6. The molecule has 1 aliphatic carbocycles. The number of anilines is 1. The van der Waals surface area contributed by atoms with E-state index < -0.39 is 0 Å². The number of piperazine rings is 1. The monoisotopic (exact) mass is 414 g/mol. The molecule has 0 amide bonds. The lowest BCUT2D eigenvalue weighted by molar-refractivity contribution is 0.228. The Hall–Kier alpha value is -1.71. The van der Waals surface area contributed by atoms with Crippen LogP contribution in [0.2, 0.25) is 0 Å². The minimum atomic E-state index is 0. The summed E-state index contributed by atoms with van der Waals surface area (Å²) >= 11 is 0. The van der Waals surface area contributed by atoms with Gasteiger partial charge in [-0.3, -0.25) is 4.90 Å². The Labute approximate surface area is 182 Å². The van der Waals surface area contributed by atoms with Crippen LogP contribution in [0.3, 0.4) is 0 Å². The van der Waals surface area contributed by atoms with Crippen molar-refractivity contribution in [2.75, 3.05) is 31.1 Å². The Kier molecular flexibility index (Phi) is 6.50. The first-order chi connectivity index (χ1) is 13.3. The first-order valence-electron chi connectivity index (χ1n) is 10.6. The molecule has 0 unspecified atom stereocenters. The van der Waals surface area contributed by atoms with Crippen molar-refractivity contribution in [1.82, 2.24) is 4.90 Å². The van der Waals surface area contributed by atoms with Gasteiger partial charge in [0.2, 0.25) is 0 Å². The van der Waals surface area contributed by atoms with Gasteiger partial charge in [0.1, 0.15) is 0 Å². The normalized spacial score (nSPS) is 21.4. The van der Waals surface area contributed by atoms with Crippen molar-refractivity contribution in [2.45, 2.75) is 47.1 Å². The van der Waals surface area contributed by atoms with Crippen LogP contribution in [0, 0.1) is 10.8 Å². The maximum Gasteiger partial charge on any atom is 0.0947 e. The summed E-state index contributed by atoms with van der Waals surface area (Å²) < 4.78 is 5.22. The number of halogens is 1. The van der Waals surface area contributed by atoms with E-state index in [0.29, 0.717) is 5.41 Å². The van der Waals surface area contributed by atoms with Crippen molar-refractivity contribution in [2.24, 2.45) is 10.8 Å². The van der Waals surface area contributed by atoms with E-state index in [1.54, 1.807) is 6.26 Å². The van der Waals surface area contributed by atoms with Crippen molar-refractivity contribution in [3.63, 3.8) is 0 Å². The highest BCUT2D eigenvalue weighted by Gasteiger charge is 2.34. The van der Waals surface area contributed by atoms with Gasteiger partial charge in [-0.25, -0.2) is 0 Å². The maximum atomic E-state index is 5.22. The molecule has 0 radical (unpaired) electrons. The molecule has 1 fully saturated rings. The number of furan rings is 1. The van der Waals surface area contributed by atoms with Crippen molar-refractivity contribution in [3.05, 3.63) is 60.1 Å². The SMILES string of the molecule is CC1(C)C=C(c2ccccc2N2CCN(Cc3ccoc3)CC2)CC(C)(C)C1.Cl. The lowest BCUT2D eigenvalue weighted by Crippen LogP contribution is -2.46. The predicted octanol–water partition coefficient (Wildman–Crippen LogP) is 6.25. The zero-order valence-electron chi connectivity index (χ0n) is 18.3. The summed E-state index contributed by atoms with van der Waals surface area (Å²) in [6, 6.07) is 11.1. The van der Waals surface area contributed by atoms with Crippen LogP contribution in [0.4, 0.5) is 5.69 Å². The Morgan fingerprint density at radius 1 is 0.966 bits per heavy atom. The highest BCUT2D eigenvalue weighted by atomic mass is 35.5. The number of rotatable bonds is 4. The Balaban J connectivity index is 0.00000240. The van der Waals surface area contributed by atoms with Gasteiger partial charge in [0.25, 0.3) is 0 Å². The third-order valence-electron chi connectivity index (χ3n) is 6.12. The fraction of sp³-hybridized carbons (Fsp3) is 0.520. The van der Waals surface area contributed by atoms with Gasteiger partial charge < -0.3 is 9.32 Å². The second-order valence-electron chi connectivity index (χ2n) is 10.1. The minimum absolute atomic E-state index is 0. The second-order valence-corrected chi connectivity index (χ2v) is 10.1. The van der Waals surface area contributed by atoms with E-state index in [-0.39, 0.29) is 17.8 Å². The molecule has 4 heteroatoms. The molecule has 2 aliphatic rings. The van der Waals surface area contributed by atoms with Gasteiger partial charge in [-0.05, 0) is 41.4 Å². The molecule has 0 saturated carbocycles. The summed E-state index contributed by atoms with van der Waals surface area (Å²) in [5.41, 5.74) is 6.25. The second kappa shape index (κ2) is 8.57. The standard InChI is InChI=1S/C25H34N2O.ClH/c1-24(2)15-21(16-25(3,4)19-24)22-7-5-6-8-23(22)27-12-10-26(11-13-27)17-20-9-14-28-18-20;/h5-9,14-15,18H,10-13,16-17,19H2,1-4H3;1H. The number of para-hydroxylation sites is 1. The van der Waals surface area contributed by atoms with Crippen LogP contribution in [0.5, 0.6) is 0 Å². The number of hydrogen-bond donors (Lipinski definition) is 0. The van der Waals surface area contributed by atoms with E-state index >= 15 is 0 Å². The molecule has 0 atom stereocenters. The van der Waals surface area contributed by atoms with Gasteiger partial charge in [0.05, 0.1) is 12.5 Å². The van der Waals surface area contributed by atoms with Crippen molar-refractivity contribution >= 4 is 23.7 Å². The summed E-state index contributed by atoms with van der Waals surface area (Å²) in [5, 5.41) is 0. The summed E-state index contributed by atoms with van der Waals surface area (Å²) in [6.45, 7) is 14.9. The molecule has 0 spiro atoms. The highest BCUT2D eigenvalue weighted by Crippen LogP contribution is 2.48. The van der Waals surface area contributed by atoms with Gasteiger partial charge in [0.15, 0.2) is 0 Å². The van der Waals surface area contributed by atoms with E-state index in [9.17, 15) is 0 Å². The van der Waals surface area contributed by atoms with Crippen LogP contribution in [0.15, 0.2) is 53.4 Å². The molecular formula is C25H35ClN2O. The van der Waals surface area contributed by atoms with Crippen LogP contribution in [0.1, 0.15) is 51.7 Å². The number of allylic oxidation sites excluding steroid dienone is 2. The third kappa shape index (κ3) is 5.26. The number of benzene rings is 1. The van der Waals surface area contributed by atoms with Crippen LogP contribution in [0.25, 0.3) is 5.57 Å². The van der Waals surface area contributed by atoms with Gasteiger partial charge in [-0.2, -0.15) is 0 Å². The fourth-order valence-electron chi connectivity index (χ4n) is 5.37. The molecule has 1 aromatic carbocycles. The lowest BCUT2D eigenvalue weighted by Gasteiger charge is -2.41. The first kappa shape index (κ1) is 22.0. The van der Waals surface area contributed by atoms with Gasteiger partial charge in [-0.1, -0.05) is 52.0 Å². The van der Waals surface area contributed by atoms with Gasteiger partial charge in [-0.15, -0.1) is 12.4 Å². The molecule has 2 heterocycles. The van der Waals surface area contributed by atoms with Crippen LogP contribution < -0.4 is 4.90 Å². The van der Waals surface area contributed by atoms with Crippen molar-refractivity contribution < 1.29 is 4.42 Å². The summed E-state index contributed by atoms with van der Waals surface area (Å²) in [6.07, 6.45) is 8.57. The Morgan fingerprint density at radius 2 is 1.69 bits per heavy atom. The molecule has 1 aromatic heterocycles. The predicted molar refractivity (Wildman–Crippen MR) is 125 cm³/mol. The largest absolute Gasteiger partial charge is 0.472 e. The van der Waals surface area contributed by atoms with E-state index in [2.05, 4.69) is 73.9 Å². The van der Waals surface area contributed by atoms with Gasteiger partial charge >= 0.3 is 0 Å². The van der Waals surface area contributed by atoms with Crippen molar-refractivity contribution in [1.29, 1.82) is 0 Å². The molecule has 0 bridgehead atoms. The zero-order chi connectivity index (χ0) is 19.8. The molecule has 1 saturated heterocycles. The van der Waals surface area contributed by atoms with E-state index in [1.807, 2.05) is 6.26 Å². The molecule has 29 heavy (non-hydrogen) atoms. The summed E-state index contributed by atoms with van der Waals surface area (Å²) in [5.74, 6) is 0. The lowest BCUT2D eigenvalue weighted by atomic mass is 9.65. The van der Waals surface area contributed by atoms with E-state index in [1.165, 1.54) is 28.8 Å². The molecule has 2 aromatic rings. The van der Waals surface area contributed by atoms with Crippen LogP contribution in [-0.2, 0) is 6.54 Å². The zero-order valence-corrected chi connectivity index (χ0v) is 19.1. The smallest absolute Gasteiger partial charge is 0.0947 e. The average molecular weight is 415 g/mol. The topological polar surface area (TPSA) is 19.6 Å². The number of nitrogens with zero attached hydrogens (tertiary/aromatic N) is 2. The average Bonchev–Trinajstić information content (AvgIpc) is 3.13. The van der Waals surface area contributed by atoms with E-state index in [0.717, 1.165) is 39.1 Å². The van der Waals surface area contributed by atoms with Crippen molar-refractivity contribution in [3.8, 4) is 0 Å². The van der Waals surface area contributed by atoms with Gasteiger partial charge in [0, 0.05) is 49.5 Å². The Bertz CT molecular complexity index is 830. The quantitative estimate of drug-likeness (QED) is 0.589.